The van der Waals surface area contributed by atoms with Gasteiger partial charge in [-0.1, -0.05) is 30.3 Å². The number of aromatic nitrogens is 3. The van der Waals surface area contributed by atoms with Crippen LogP contribution < -0.4 is 5.32 Å². The minimum Gasteiger partial charge on any atom is -0.461 e. The molecule has 0 amide bonds. The van der Waals surface area contributed by atoms with Gasteiger partial charge in [0.15, 0.2) is 5.82 Å². The Morgan fingerprint density at radius 1 is 1.33 bits per heavy atom. The minimum atomic E-state index is -0.484. The van der Waals surface area contributed by atoms with Crippen LogP contribution in [0.2, 0.25) is 0 Å². The number of benzene rings is 1. The van der Waals surface area contributed by atoms with E-state index in [2.05, 4.69) is 20.7 Å². The number of hydrogen-bond acceptors (Lipinski definition) is 5. The van der Waals surface area contributed by atoms with Gasteiger partial charge in [0.25, 0.3) is 0 Å². The number of rotatable bonds is 5. The summed E-state index contributed by atoms with van der Waals surface area (Å²) in [6, 6.07) is 9.82. The van der Waals surface area contributed by atoms with Gasteiger partial charge in [0.05, 0.1) is 6.61 Å². The third-order valence-corrected chi connectivity index (χ3v) is 2.32. The van der Waals surface area contributed by atoms with Crippen LogP contribution in [-0.4, -0.2) is 28.0 Å². The molecule has 0 aliphatic heterocycles. The lowest BCUT2D eigenvalue weighted by atomic mass is 10.2. The van der Waals surface area contributed by atoms with Crippen LogP contribution in [0.3, 0.4) is 0 Å². The maximum absolute atomic E-state index is 11.6. The Balaban J connectivity index is 2.02. The minimum absolute atomic E-state index is 0.174. The summed E-state index contributed by atoms with van der Waals surface area (Å²) in [6.45, 7) is 2.62. The molecule has 6 heteroatoms. The second-order valence-electron chi connectivity index (χ2n) is 3.58. The first-order chi connectivity index (χ1) is 8.81. The Hall–Kier alpha value is -2.37. The normalized spacial score (nSPS) is 10.1. The highest BCUT2D eigenvalue weighted by molar-refractivity contribution is 5.92. The first-order valence-electron chi connectivity index (χ1n) is 5.67. The predicted octanol–water partition coefficient (Wildman–Crippen LogP) is 1.59. The fourth-order valence-corrected chi connectivity index (χ4v) is 1.48. The molecule has 18 heavy (non-hydrogen) atoms. The van der Waals surface area contributed by atoms with Gasteiger partial charge in [0.1, 0.15) is 0 Å². The second kappa shape index (κ2) is 5.81. The summed E-state index contributed by atoms with van der Waals surface area (Å²) in [4.78, 5) is 11.6. The molecule has 1 aromatic carbocycles. The lowest BCUT2D eigenvalue weighted by Crippen LogP contribution is -2.09. The van der Waals surface area contributed by atoms with Crippen LogP contribution in [0.1, 0.15) is 23.0 Å². The maximum atomic E-state index is 11.6. The molecule has 2 aromatic rings. The number of esters is 1. The van der Waals surface area contributed by atoms with Gasteiger partial charge < -0.3 is 10.1 Å². The summed E-state index contributed by atoms with van der Waals surface area (Å²) in [6.07, 6.45) is 0. The number of H-pyrrole nitrogens is 1. The molecule has 0 fully saturated rings. The molecule has 0 saturated heterocycles. The molecule has 0 bridgehead atoms. The zero-order valence-electron chi connectivity index (χ0n) is 10.0. The number of carbonyl (C=O) groups excluding carboxylic acids is 1. The molecule has 2 rings (SSSR count). The lowest BCUT2D eigenvalue weighted by molar-refractivity contribution is 0.0520. The second-order valence-corrected chi connectivity index (χ2v) is 3.58. The molecule has 0 atom stereocenters. The van der Waals surface area contributed by atoms with Crippen LogP contribution in [0.4, 0.5) is 5.82 Å². The van der Waals surface area contributed by atoms with E-state index in [-0.39, 0.29) is 5.69 Å². The Morgan fingerprint density at radius 3 is 2.83 bits per heavy atom. The standard InChI is InChI=1S/C12H14N4O2/c1-2-18-12(17)10-11(15-16-14-10)13-8-9-6-4-3-5-7-9/h3-7H,2,8H2,1H3,(H2,13,14,15,16). The predicted molar refractivity (Wildman–Crippen MR) is 66.1 cm³/mol. The maximum Gasteiger partial charge on any atom is 0.362 e. The van der Waals surface area contributed by atoms with E-state index in [1.165, 1.54) is 0 Å². The van der Waals surface area contributed by atoms with E-state index in [9.17, 15) is 4.79 Å². The Labute approximate surface area is 104 Å². The van der Waals surface area contributed by atoms with Gasteiger partial charge in [-0.25, -0.2) is 4.79 Å². The van der Waals surface area contributed by atoms with Crippen LogP contribution in [0.25, 0.3) is 0 Å². The molecule has 2 N–H and O–H groups in total. The summed E-state index contributed by atoms with van der Waals surface area (Å²) < 4.78 is 4.88. The zero-order valence-corrected chi connectivity index (χ0v) is 10.0. The van der Waals surface area contributed by atoms with Gasteiger partial charge in [-0.3, -0.25) is 0 Å². The summed E-state index contributed by atoms with van der Waals surface area (Å²) in [5.74, 6) is -0.0842. The largest absolute Gasteiger partial charge is 0.461 e. The molecule has 1 heterocycles. The highest BCUT2D eigenvalue weighted by Crippen LogP contribution is 2.11. The van der Waals surface area contributed by atoms with E-state index < -0.39 is 5.97 Å². The number of nitrogens with zero attached hydrogens (tertiary/aromatic N) is 2. The van der Waals surface area contributed by atoms with Crippen molar-refractivity contribution in [1.82, 2.24) is 15.4 Å². The number of ether oxygens (including phenoxy) is 1. The Kier molecular flexibility index (Phi) is 3.90. The van der Waals surface area contributed by atoms with Gasteiger partial charge in [-0.2, -0.15) is 5.21 Å². The third kappa shape index (κ3) is 2.85. The molecule has 6 nitrogen and oxygen atoms in total. The van der Waals surface area contributed by atoms with Crippen molar-refractivity contribution >= 4 is 11.8 Å². The number of aromatic amines is 1. The highest BCUT2D eigenvalue weighted by Gasteiger charge is 2.17. The molecule has 0 aliphatic carbocycles. The van der Waals surface area contributed by atoms with Crippen molar-refractivity contribution < 1.29 is 9.53 Å². The summed E-state index contributed by atoms with van der Waals surface area (Å²) in [7, 11) is 0. The van der Waals surface area contributed by atoms with Crippen molar-refractivity contribution in [2.75, 3.05) is 11.9 Å². The molecule has 0 radical (unpaired) electrons. The zero-order chi connectivity index (χ0) is 12.8. The van der Waals surface area contributed by atoms with E-state index >= 15 is 0 Å². The fourth-order valence-electron chi connectivity index (χ4n) is 1.48. The number of anilines is 1. The molecular formula is C12H14N4O2. The van der Waals surface area contributed by atoms with Crippen LogP contribution in [0.15, 0.2) is 30.3 Å². The van der Waals surface area contributed by atoms with Crippen molar-refractivity contribution in [3.8, 4) is 0 Å². The van der Waals surface area contributed by atoms with E-state index in [4.69, 9.17) is 4.74 Å². The van der Waals surface area contributed by atoms with Gasteiger partial charge in [-0.15, -0.1) is 10.2 Å². The van der Waals surface area contributed by atoms with E-state index in [0.29, 0.717) is 19.0 Å². The van der Waals surface area contributed by atoms with Gasteiger partial charge >= 0.3 is 5.97 Å². The number of carbonyl (C=O) groups is 1. The van der Waals surface area contributed by atoms with Crippen molar-refractivity contribution in [2.45, 2.75) is 13.5 Å². The molecule has 94 valence electrons. The summed E-state index contributed by atoms with van der Waals surface area (Å²) in [5, 5.41) is 13.1. The van der Waals surface area contributed by atoms with E-state index in [1.54, 1.807) is 6.92 Å². The fraction of sp³-hybridized carbons (Fsp3) is 0.250. The quantitative estimate of drug-likeness (QED) is 0.783. The van der Waals surface area contributed by atoms with Crippen molar-refractivity contribution in [1.29, 1.82) is 0 Å². The smallest absolute Gasteiger partial charge is 0.362 e. The first-order valence-corrected chi connectivity index (χ1v) is 5.67. The van der Waals surface area contributed by atoms with E-state index in [1.807, 2.05) is 30.3 Å². The average Bonchev–Trinajstić information content (AvgIpc) is 2.86. The molecule has 1 aromatic heterocycles. The van der Waals surface area contributed by atoms with E-state index in [0.717, 1.165) is 5.56 Å². The summed E-state index contributed by atoms with van der Waals surface area (Å²) >= 11 is 0. The number of nitrogens with one attached hydrogen (secondary N) is 2. The van der Waals surface area contributed by atoms with Crippen molar-refractivity contribution in [2.24, 2.45) is 0 Å². The van der Waals surface area contributed by atoms with Crippen molar-refractivity contribution in [3.05, 3.63) is 41.6 Å². The monoisotopic (exact) mass is 246 g/mol. The van der Waals surface area contributed by atoms with Crippen LogP contribution in [-0.2, 0) is 11.3 Å². The molecular weight excluding hydrogens is 232 g/mol. The lowest BCUT2D eigenvalue weighted by Gasteiger charge is -2.04. The van der Waals surface area contributed by atoms with Crippen molar-refractivity contribution in [3.63, 3.8) is 0 Å². The topological polar surface area (TPSA) is 79.9 Å². The number of hydrogen-bond donors (Lipinski definition) is 2. The van der Waals surface area contributed by atoms with Gasteiger partial charge in [-0.05, 0) is 12.5 Å². The molecule has 0 unspecified atom stereocenters. The average molecular weight is 246 g/mol. The van der Waals surface area contributed by atoms with Crippen LogP contribution in [0.5, 0.6) is 0 Å². The Morgan fingerprint density at radius 2 is 2.11 bits per heavy atom. The molecule has 0 spiro atoms. The molecule has 0 saturated carbocycles. The third-order valence-electron chi connectivity index (χ3n) is 2.32. The van der Waals surface area contributed by atoms with Crippen LogP contribution >= 0.6 is 0 Å². The SMILES string of the molecule is CCOC(=O)c1n[nH]nc1NCc1ccccc1. The van der Waals surface area contributed by atoms with Gasteiger partial charge in [0.2, 0.25) is 5.69 Å². The summed E-state index contributed by atoms with van der Waals surface area (Å²) in [5.41, 5.74) is 1.27. The first kappa shape index (κ1) is 12.1. The van der Waals surface area contributed by atoms with Crippen LogP contribution in [0, 0.1) is 0 Å². The Bertz CT molecular complexity index is 510. The van der Waals surface area contributed by atoms with Gasteiger partial charge in [0, 0.05) is 6.54 Å². The molecule has 0 aliphatic rings. The highest BCUT2D eigenvalue weighted by atomic mass is 16.5.